The second kappa shape index (κ2) is 5.14. The van der Waals surface area contributed by atoms with Gasteiger partial charge in [0.25, 0.3) is 0 Å². The molecule has 0 aliphatic rings. The first-order chi connectivity index (χ1) is 7.13. The number of carbonyl (C=O) groups is 2. The molecule has 0 spiro atoms. The topological polar surface area (TPSA) is 69.4 Å². The lowest BCUT2D eigenvalue weighted by Crippen LogP contribution is -2.11. The van der Waals surface area contributed by atoms with Crippen LogP contribution in [0.15, 0.2) is 24.3 Å². The van der Waals surface area contributed by atoms with Gasteiger partial charge in [0, 0.05) is 6.42 Å². The number of methoxy groups -OCH3 is 1. The summed E-state index contributed by atoms with van der Waals surface area (Å²) in [6, 6.07) is 6.91. The average molecular weight is 207 g/mol. The number of nitrogens with two attached hydrogens (primary N) is 1. The third-order valence-electron chi connectivity index (χ3n) is 2.04. The van der Waals surface area contributed by atoms with Crippen molar-refractivity contribution in [3.63, 3.8) is 0 Å². The molecule has 1 amide bonds. The molecule has 1 aromatic carbocycles. The minimum absolute atomic E-state index is 0.317. The van der Waals surface area contributed by atoms with Gasteiger partial charge in [-0.25, -0.2) is 4.79 Å². The predicted octanol–water partition coefficient (Wildman–Crippen LogP) is 0.891. The molecule has 0 unspecified atom stereocenters. The number of hydrogen-bond acceptors (Lipinski definition) is 3. The molecule has 4 heteroatoms. The van der Waals surface area contributed by atoms with Crippen LogP contribution in [-0.2, 0) is 16.0 Å². The average Bonchev–Trinajstić information content (AvgIpc) is 2.26. The van der Waals surface area contributed by atoms with Gasteiger partial charge in [-0.1, -0.05) is 12.1 Å². The molecular weight excluding hydrogens is 194 g/mol. The number of primary amides is 1. The summed E-state index contributed by atoms with van der Waals surface area (Å²) < 4.78 is 4.56. The van der Waals surface area contributed by atoms with Crippen LogP contribution in [0.5, 0.6) is 0 Å². The number of aryl methyl sites for hydroxylation is 1. The van der Waals surface area contributed by atoms with Gasteiger partial charge in [0.05, 0.1) is 12.7 Å². The maximum atomic E-state index is 11.1. The monoisotopic (exact) mass is 207 g/mol. The molecule has 1 aromatic rings. The van der Waals surface area contributed by atoms with Crippen molar-refractivity contribution in [3.8, 4) is 0 Å². The Morgan fingerprint density at radius 2 is 1.87 bits per heavy atom. The van der Waals surface area contributed by atoms with Crippen LogP contribution >= 0.6 is 0 Å². The van der Waals surface area contributed by atoms with Crippen LogP contribution in [0.25, 0.3) is 0 Å². The van der Waals surface area contributed by atoms with Crippen molar-refractivity contribution in [2.45, 2.75) is 12.8 Å². The van der Waals surface area contributed by atoms with Crippen molar-refractivity contribution < 1.29 is 14.3 Å². The molecule has 15 heavy (non-hydrogen) atoms. The van der Waals surface area contributed by atoms with E-state index in [1.807, 2.05) is 0 Å². The summed E-state index contributed by atoms with van der Waals surface area (Å²) in [5.74, 6) is -0.691. The normalized spacial score (nSPS) is 9.67. The van der Waals surface area contributed by atoms with Gasteiger partial charge >= 0.3 is 5.97 Å². The molecular formula is C11H13NO3. The first-order valence-electron chi connectivity index (χ1n) is 4.59. The van der Waals surface area contributed by atoms with E-state index in [0.29, 0.717) is 18.4 Å². The maximum Gasteiger partial charge on any atom is 0.337 e. The summed E-state index contributed by atoms with van der Waals surface area (Å²) in [6.07, 6.45) is 0.911. The lowest BCUT2D eigenvalue weighted by Gasteiger charge is -2.01. The van der Waals surface area contributed by atoms with E-state index in [1.54, 1.807) is 24.3 Å². The van der Waals surface area contributed by atoms with Crippen molar-refractivity contribution in [2.75, 3.05) is 7.11 Å². The minimum Gasteiger partial charge on any atom is -0.465 e. The van der Waals surface area contributed by atoms with Crippen molar-refractivity contribution in [3.05, 3.63) is 35.4 Å². The van der Waals surface area contributed by atoms with Crippen LogP contribution < -0.4 is 5.73 Å². The number of amides is 1. The lowest BCUT2D eigenvalue weighted by atomic mass is 10.1. The van der Waals surface area contributed by atoms with E-state index in [-0.39, 0.29) is 11.9 Å². The summed E-state index contributed by atoms with van der Waals surface area (Å²) in [5, 5.41) is 0. The van der Waals surface area contributed by atoms with Crippen LogP contribution in [-0.4, -0.2) is 19.0 Å². The summed E-state index contributed by atoms with van der Waals surface area (Å²) in [5.41, 5.74) is 6.50. The molecule has 0 heterocycles. The summed E-state index contributed by atoms with van der Waals surface area (Å²) >= 11 is 0. The van der Waals surface area contributed by atoms with E-state index in [2.05, 4.69) is 4.74 Å². The summed E-state index contributed by atoms with van der Waals surface area (Å²) in [7, 11) is 1.34. The van der Waals surface area contributed by atoms with Gasteiger partial charge in [0.1, 0.15) is 0 Å². The predicted molar refractivity (Wildman–Crippen MR) is 55.3 cm³/mol. The standard InChI is InChI=1S/C11H13NO3/c1-15-11(14)9-5-2-8(3-6-9)4-7-10(12)13/h2-3,5-6H,4,7H2,1H3,(H2,12,13). The third kappa shape index (κ3) is 3.42. The molecule has 0 atom stereocenters. The number of hydrogen-bond donors (Lipinski definition) is 1. The zero-order valence-electron chi connectivity index (χ0n) is 8.53. The molecule has 0 saturated heterocycles. The largest absolute Gasteiger partial charge is 0.465 e. The Labute approximate surface area is 88.0 Å². The highest BCUT2D eigenvalue weighted by atomic mass is 16.5. The van der Waals surface area contributed by atoms with E-state index in [0.717, 1.165) is 5.56 Å². The Morgan fingerprint density at radius 3 is 2.33 bits per heavy atom. The number of rotatable bonds is 4. The second-order valence-electron chi connectivity index (χ2n) is 3.15. The fraction of sp³-hybridized carbons (Fsp3) is 0.273. The number of esters is 1. The fourth-order valence-electron chi connectivity index (χ4n) is 1.19. The summed E-state index contributed by atoms with van der Waals surface area (Å²) in [4.78, 5) is 21.6. The molecule has 0 aromatic heterocycles. The molecule has 2 N–H and O–H groups in total. The van der Waals surface area contributed by atoms with Crippen LogP contribution in [0.3, 0.4) is 0 Å². The van der Waals surface area contributed by atoms with Crippen molar-refractivity contribution >= 4 is 11.9 Å². The Balaban J connectivity index is 2.64. The van der Waals surface area contributed by atoms with Gasteiger partial charge in [-0.15, -0.1) is 0 Å². The van der Waals surface area contributed by atoms with Gasteiger partial charge in [-0.3, -0.25) is 4.79 Å². The van der Waals surface area contributed by atoms with E-state index < -0.39 is 0 Å². The second-order valence-corrected chi connectivity index (χ2v) is 3.15. The fourth-order valence-corrected chi connectivity index (χ4v) is 1.19. The Kier molecular flexibility index (Phi) is 3.85. The number of benzene rings is 1. The summed E-state index contributed by atoms with van der Waals surface area (Å²) in [6.45, 7) is 0. The number of ether oxygens (including phenoxy) is 1. The molecule has 4 nitrogen and oxygen atoms in total. The van der Waals surface area contributed by atoms with Gasteiger partial charge in [-0.05, 0) is 24.1 Å². The Morgan fingerprint density at radius 1 is 1.27 bits per heavy atom. The highest BCUT2D eigenvalue weighted by Gasteiger charge is 2.04. The van der Waals surface area contributed by atoms with Crippen LogP contribution in [0.2, 0.25) is 0 Å². The molecule has 0 aliphatic carbocycles. The van der Waals surface area contributed by atoms with Crippen molar-refractivity contribution in [2.24, 2.45) is 5.73 Å². The van der Waals surface area contributed by atoms with E-state index in [9.17, 15) is 9.59 Å². The van der Waals surface area contributed by atoms with Crippen molar-refractivity contribution in [1.82, 2.24) is 0 Å². The van der Waals surface area contributed by atoms with Gasteiger partial charge in [0.15, 0.2) is 0 Å². The van der Waals surface area contributed by atoms with Gasteiger partial charge < -0.3 is 10.5 Å². The van der Waals surface area contributed by atoms with Crippen LogP contribution in [0.4, 0.5) is 0 Å². The quantitative estimate of drug-likeness (QED) is 0.745. The maximum absolute atomic E-state index is 11.1. The van der Waals surface area contributed by atoms with E-state index in [1.165, 1.54) is 7.11 Å². The molecule has 0 bridgehead atoms. The van der Waals surface area contributed by atoms with Crippen molar-refractivity contribution in [1.29, 1.82) is 0 Å². The zero-order valence-corrected chi connectivity index (χ0v) is 8.53. The van der Waals surface area contributed by atoms with Gasteiger partial charge in [-0.2, -0.15) is 0 Å². The molecule has 1 rings (SSSR count). The Bertz CT molecular complexity index is 357. The highest BCUT2D eigenvalue weighted by molar-refractivity contribution is 5.89. The smallest absolute Gasteiger partial charge is 0.337 e. The van der Waals surface area contributed by atoms with Crippen LogP contribution in [0, 0.1) is 0 Å². The van der Waals surface area contributed by atoms with E-state index >= 15 is 0 Å². The Hall–Kier alpha value is -1.84. The van der Waals surface area contributed by atoms with Crippen LogP contribution in [0.1, 0.15) is 22.3 Å². The first-order valence-corrected chi connectivity index (χ1v) is 4.59. The van der Waals surface area contributed by atoms with E-state index in [4.69, 9.17) is 5.73 Å². The zero-order chi connectivity index (χ0) is 11.3. The molecule has 0 fully saturated rings. The molecule has 0 radical (unpaired) electrons. The molecule has 80 valence electrons. The molecule has 0 saturated carbocycles. The lowest BCUT2D eigenvalue weighted by molar-refractivity contribution is -0.117. The molecule has 0 aliphatic heterocycles. The van der Waals surface area contributed by atoms with Gasteiger partial charge in [0.2, 0.25) is 5.91 Å². The number of carbonyl (C=O) groups excluding carboxylic acids is 2. The SMILES string of the molecule is COC(=O)c1ccc(CCC(N)=O)cc1. The first kappa shape index (κ1) is 11.2. The third-order valence-corrected chi connectivity index (χ3v) is 2.04. The minimum atomic E-state index is -0.364. The highest BCUT2D eigenvalue weighted by Crippen LogP contribution is 2.07.